The minimum atomic E-state index is -0.117. The van der Waals surface area contributed by atoms with Gasteiger partial charge < -0.3 is 5.73 Å². The van der Waals surface area contributed by atoms with Crippen molar-refractivity contribution in [3.05, 3.63) is 35.1 Å². The van der Waals surface area contributed by atoms with Crippen molar-refractivity contribution in [1.82, 2.24) is 4.90 Å². The lowest BCUT2D eigenvalue weighted by Gasteiger charge is -2.23. The summed E-state index contributed by atoms with van der Waals surface area (Å²) in [5.41, 5.74) is 7.39. The maximum absolute atomic E-state index is 13.8. The fourth-order valence-corrected chi connectivity index (χ4v) is 3.48. The Morgan fingerprint density at radius 3 is 2.89 bits per heavy atom. The summed E-state index contributed by atoms with van der Waals surface area (Å²) >= 11 is 2.01. The highest BCUT2D eigenvalue weighted by Crippen LogP contribution is 2.31. The molecule has 2 nitrogen and oxygen atoms in total. The van der Waals surface area contributed by atoms with Crippen LogP contribution >= 0.6 is 11.8 Å². The van der Waals surface area contributed by atoms with Crippen LogP contribution in [-0.2, 0) is 13.1 Å². The highest BCUT2D eigenvalue weighted by Gasteiger charge is 2.23. The second-order valence-corrected chi connectivity index (χ2v) is 7.57. The van der Waals surface area contributed by atoms with Crippen molar-refractivity contribution in [2.24, 2.45) is 5.73 Å². The number of halogens is 1. The van der Waals surface area contributed by atoms with E-state index < -0.39 is 0 Å². The Balaban J connectivity index is 2.04. The van der Waals surface area contributed by atoms with E-state index in [0.717, 1.165) is 36.4 Å². The first-order chi connectivity index (χ1) is 9.00. The van der Waals surface area contributed by atoms with E-state index in [4.69, 9.17) is 5.73 Å². The van der Waals surface area contributed by atoms with Crippen molar-refractivity contribution in [3.63, 3.8) is 0 Å². The fraction of sp³-hybridized carbons (Fsp3) is 0.600. The van der Waals surface area contributed by atoms with E-state index in [1.165, 1.54) is 6.07 Å². The number of benzene rings is 1. The molecule has 0 atom stereocenters. The van der Waals surface area contributed by atoms with Gasteiger partial charge in [0.2, 0.25) is 0 Å². The first-order valence-corrected chi connectivity index (χ1v) is 7.82. The van der Waals surface area contributed by atoms with Gasteiger partial charge in [0, 0.05) is 35.7 Å². The summed E-state index contributed by atoms with van der Waals surface area (Å²) < 4.78 is 14.2. The maximum Gasteiger partial charge on any atom is 0.127 e. The number of hydrogen-bond donors (Lipinski definition) is 1. The van der Waals surface area contributed by atoms with Gasteiger partial charge in [0.05, 0.1) is 0 Å². The Labute approximate surface area is 119 Å². The molecule has 2 N–H and O–H groups in total. The summed E-state index contributed by atoms with van der Waals surface area (Å²) in [7, 11) is 0. The quantitative estimate of drug-likeness (QED) is 0.924. The molecule has 1 saturated heterocycles. The van der Waals surface area contributed by atoms with Gasteiger partial charge in [-0.2, -0.15) is 11.8 Å². The van der Waals surface area contributed by atoms with Crippen LogP contribution in [-0.4, -0.2) is 28.5 Å². The molecule has 0 unspecified atom stereocenters. The molecule has 0 radical (unpaired) electrons. The van der Waals surface area contributed by atoms with Gasteiger partial charge in [-0.25, -0.2) is 4.39 Å². The average molecular weight is 282 g/mol. The lowest BCUT2D eigenvalue weighted by molar-refractivity contribution is 0.272. The van der Waals surface area contributed by atoms with E-state index in [9.17, 15) is 4.39 Å². The minimum Gasteiger partial charge on any atom is -0.326 e. The van der Waals surface area contributed by atoms with Gasteiger partial charge in [0.15, 0.2) is 0 Å². The molecule has 1 aliphatic rings. The van der Waals surface area contributed by atoms with Crippen LogP contribution in [0.3, 0.4) is 0 Å². The third-order valence-electron chi connectivity index (χ3n) is 3.67. The first kappa shape index (κ1) is 14.8. The zero-order valence-electron chi connectivity index (χ0n) is 11.8. The predicted molar refractivity (Wildman–Crippen MR) is 80.7 cm³/mol. The number of nitrogens with zero attached hydrogens (tertiary/aromatic N) is 1. The van der Waals surface area contributed by atoms with Crippen LogP contribution in [0.1, 0.15) is 31.4 Å². The Morgan fingerprint density at radius 1 is 1.37 bits per heavy atom. The van der Waals surface area contributed by atoms with Crippen molar-refractivity contribution in [3.8, 4) is 0 Å². The van der Waals surface area contributed by atoms with E-state index in [0.29, 0.717) is 17.8 Å². The third-order valence-corrected chi connectivity index (χ3v) is 5.04. The zero-order chi connectivity index (χ0) is 13.9. The molecule has 1 aromatic carbocycles. The maximum atomic E-state index is 13.8. The average Bonchev–Trinajstić information content (AvgIpc) is 2.54. The lowest BCUT2D eigenvalue weighted by Crippen LogP contribution is -2.27. The molecule has 0 aromatic heterocycles. The molecule has 1 aliphatic heterocycles. The molecule has 106 valence electrons. The van der Waals surface area contributed by atoms with Crippen LogP contribution in [0.2, 0.25) is 0 Å². The predicted octanol–water partition coefficient (Wildman–Crippen LogP) is 3.00. The minimum absolute atomic E-state index is 0.117. The summed E-state index contributed by atoms with van der Waals surface area (Å²) in [6, 6.07) is 5.20. The van der Waals surface area contributed by atoms with Crippen LogP contribution < -0.4 is 5.73 Å². The van der Waals surface area contributed by atoms with Gasteiger partial charge in [-0.05, 0) is 24.6 Å². The number of nitrogens with two attached hydrogens (primary N) is 1. The van der Waals surface area contributed by atoms with Crippen molar-refractivity contribution >= 4 is 11.8 Å². The van der Waals surface area contributed by atoms with Gasteiger partial charge in [0.1, 0.15) is 5.82 Å². The van der Waals surface area contributed by atoms with Crippen LogP contribution in [0.25, 0.3) is 0 Å². The normalized spacial score (nSPS) is 20.2. The van der Waals surface area contributed by atoms with Gasteiger partial charge in [-0.15, -0.1) is 0 Å². The molecular formula is C15H23FN2S. The summed E-state index contributed by atoms with van der Waals surface area (Å²) in [4.78, 5) is 2.35. The second-order valence-electron chi connectivity index (χ2n) is 5.76. The highest BCUT2D eigenvalue weighted by molar-refractivity contribution is 8.00. The summed E-state index contributed by atoms with van der Waals surface area (Å²) in [5, 5.41) is 0. The zero-order valence-corrected chi connectivity index (χ0v) is 12.6. The van der Waals surface area contributed by atoms with Gasteiger partial charge in [-0.1, -0.05) is 26.0 Å². The van der Waals surface area contributed by atoms with E-state index in [1.807, 2.05) is 17.8 Å². The molecule has 4 heteroatoms. The summed E-state index contributed by atoms with van der Waals surface area (Å²) in [6.45, 7) is 7.80. The largest absolute Gasteiger partial charge is 0.326 e. The molecule has 1 aromatic rings. The van der Waals surface area contributed by atoms with Crippen LogP contribution in [0.4, 0.5) is 4.39 Å². The number of thioether (sulfide) groups is 1. The Hall–Kier alpha value is -0.580. The van der Waals surface area contributed by atoms with Crippen molar-refractivity contribution in [1.29, 1.82) is 0 Å². The molecule has 0 amide bonds. The number of rotatable bonds is 3. The molecule has 1 fully saturated rings. The molecule has 0 saturated carbocycles. The molecule has 0 spiro atoms. The topological polar surface area (TPSA) is 29.3 Å². The van der Waals surface area contributed by atoms with Crippen LogP contribution in [0.5, 0.6) is 0 Å². The van der Waals surface area contributed by atoms with E-state index in [-0.39, 0.29) is 5.82 Å². The van der Waals surface area contributed by atoms with E-state index in [1.54, 1.807) is 6.07 Å². The molecule has 1 heterocycles. The summed E-state index contributed by atoms with van der Waals surface area (Å²) in [6.07, 6.45) is 1.15. The fourth-order valence-electron chi connectivity index (χ4n) is 2.34. The standard InChI is InChI=1S/C15H23FN2S/c1-15(2)5-6-18(7-8-19-15)11-13-9-12(10-17)3-4-14(13)16/h3-4,9H,5-8,10-11,17H2,1-2H3. The molecule has 0 aliphatic carbocycles. The van der Waals surface area contributed by atoms with Gasteiger partial charge in [-0.3, -0.25) is 4.90 Å². The first-order valence-electron chi connectivity index (χ1n) is 6.84. The molecule has 2 rings (SSSR count). The SMILES string of the molecule is CC1(C)CCN(Cc2cc(CN)ccc2F)CCS1. The number of hydrogen-bond acceptors (Lipinski definition) is 3. The Bertz CT molecular complexity index is 434. The highest BCUT2D eigenvalue weighted by atomic mass is 32.2. The molecular weight excluding hydrogens is 259 g/mol. The third kappa shape index (κ3) is 4.20. The smallest absolute Gasteiger partial charge is 0.127 e. The van der Waals surface area contributed by atoms with Crippen molar-refractivity contribution in [2.75, 3.05) is 18.8 Å². The monoisotopic (exact) mass is 282 g/mol. The molecule has 0 bridgehead atoms. The van der Waals surface area contributed by atoms with Crippen LogP contribution in [0, 0.1) is 5.82 Å². The van der Waals surface area contributed by atoms with Crippen LogP contribution in [0.15, 0.2) is 18.2 Å². The van der Waals surface area contributed by atoms with E-state index in [2.05, 4.69) is 18.7 Å². The van der Waals surface area contributed by atoms with Crippen molar-refractivity contribution in [2.45, 2.75) is 38.1 Å². The Kier molecular flexibility index (Phi) is 4.87. The Morgan fingerprint density at radius 2 is 2.16 bits per heavy atom. The summed E-state index contributed by atoms with van der Waals surface area (Å²) in [5.74, 6) is 0.999. The van der Waals surface area contributed by atoms with Gasteiger partial charge in [0.25, 0.3) is 0 Å². The van der Waals surface area contributed by atoms with Crippen molar-refractivity contribution < 1.29 is 4.39 Å². The van der Waals surface area contributed by atoms with Gasteiger partial charge >= 0.3 is 0 Å². The molecule has 19 heavy (non-hydrogen) atoms. The van der Waals surface area contributed by atoms with E-state index >= 15 is 0 Å². The second kappa shape index (κ2) is 6.25. The lowest BCUT2D eigenvalue weighted by atomic mass is 10.1.